The maximum atomic E-state index is 5.09. The Morgan fingerprint density at radius 3 is 2.71 bits per heavy atom. The Bertz CT molecular complexity index is 413. The maximum absolute atomic E-state index is 5.09. The third-order valence-corrected chi connectivity index (χ3v) is 3.84. The van der Waals surface area contributed by atoms with Crippen molar-refractivity contribution in [2.75, 3.05) is 12.8 Å². The van der Waals surface area contributed by atoms with Gasteiger partial charge in [-0.2, -0.15) is 0 Å². The van der Waals surface area contributed by atoms with Gasteiger partial charge in [-0.05, 0) is 37.2 Å². The molecule has 0 bridgehead atoms. The number of nitrogens with one attached hydrogen (secondary N) is 1. The number of benzene rings is 1. The summed E-state index contributed by atoms with van der Waals surface area (Å²) >= 11 is 1.88. The van der Waals surface area contributed by atoms with Gasteiger partial charge in [0, 0.05) is 16.7 Å². The Morgan fingerprint density at radius 1 is 1.24 bits per heavy atom. The van der Waals surface area contributed by atoms with Crippen LogP contribution in [0.1, 0.15) is 5.56 Å². The Hall–Kier alpha value is -1.19. The van der Waals surface area contributed by atoms with Crippen LogP contribution in [0.3, 0.4) is 0 Å². The molecule has 0 aliphatic heterocycles. The molecule has 2 nitrogen and oxygen atoms in total. The standard InChI is InChI=1S/C14H17NOS/c1-15-13(9-12-7-8-16-10-12)11-17-14-5-3-2-4-6-14/h2-8,10,13,15H,9,11H2,1H3. The molecule has 17 heavy (non-hydrogen) atoms. The van der Waals surface area contributed by atoms with E-state index in [0.717, 1.165) is 12.2 Å². The molecule has 1 N–H and O–H groups in total. The van der Waals surface area contributed by atoms with Crippen LogP contribution in [0, 0.1) is 0 Å². The van der Waals surface area contributed by atoms with Crippen molar-refractivity contribution in [2.24, 2.45) is 0 Å². The molecule has 1 heterocycles. The second-order valence-electron chi connectivity index (χ2n) is 3.95. The average molecular weight is 247 g/mol. The predicted molar refractivity (Wildman–Crippen MR) is 72.4 cm³/mol. The summed E-state index contributed by atoms with van der Waals surface area (Å²) < 4.78 is 5.09. The van der Waals surface area contributed by atoms with E-state index < -0.39 is 0 Å². The monoisotopic (exact) mass is 247 g/mol. The third-order valence-electron chi connectivity index (χ3n) is 2.66. The molecule has 1 aromatic carbocycles. The molecule has 90 valence electrons. The van der Waals surface area contributed by atoms with Gasteiger partial charge in [0.15, 0.2) is 0 Å². The van der Waals surface area contributed by atoms with Gasteiger partial charge in [0.2, 0.25) is 0 Å². The molecule has 1 unspecified atom stereocenters. The molecule has 3 heteroatoms. The minimum Gasteiger partial charge on any atom is -0.472 e. The van der Waals surface area contributed by atoms with Gasteiger partial charge in [0.25, 0.3) is 0 Å². The first-order valence-electron chi connectivity index (χ1n) is 5.74. The van der Waals surface area contributed by atoms with Crippen LogP contribution in [0.5, 0.6) is 0 Å². The van der Waals surface area contributed by atoms with Gasteiger partial charge in [0.1, 0.15) is 0 Å². The lowest BCUT2D eigenvalue weighted by molar-refractivity contribution is 0.556. The molecule has 0 radical (unpaired) electrons. The van der Waals surface area contributed by atoms with Gasteiger partial charge >= 0.3 is 0 Å². The molecular weight excluding hydrogens is 230 g/mol. The molecule has 1 aromatic heterocycles. The molecule has 0 amide bonds. The van der Waals surface area contributed by atoms with Crippen molar-refractivity contribution < 1.29 is 4.42 Å². The van der Waals surface area contributed by atoms with Crippen LogP contribution in [-0.4, -0.2) is 18.8 Å². The number of rotatable bonds is 6. The highest BCUT2D eigenvalue weighted by molar-refractivity contribution is 7.99. The lowest BCUT2D eigenvalue weighted by Crippen LogP contribution is -2.29. The van der Waals surface area contributed by atoms with Crippen molar-refractivity contribution in [3.05, 3.63) is 54.5 Å². The molecule has 2 rings (SSSR count). The van der Waals surface area contributed by atoms with Crippen molar-refractivity contribution in [3.8, 4) is 0 Å². The van der Waals surface area contributed by atoms with Crippen molar-refractivity contribution in [2.45, 2.75) is 17.4 Å². The number of hydrogen-bond acceptors (Lipinski definition) is 3. The van der Waals surface area contributed by atoms with E-state index in [2.05, 4.69) is 29.6 Å². The van der Waals surface area contributed by atoms with E-state index in [-0.39, 0.29) is 0 Å². The topological polar surface area (TPSA) is 25.2 Å². The lowest BCUT2D eigenvalue weighted by Gasteiger charge is -2.14. The largest absolute Gasteiger partial charge is 0.472 e. The summed E-state index contributed by atoms with van der Waals surface area (Å²) in [4.78, 5) is 1.32. The van der Waals surface area contributed by atoms with Gasteiger partial charge in [-0.25, -0.2) is 0 Å². The van der Waals surface area contributed by atoms with Crippen LogP contribution in [-0.2, 0) is 6.42 Å². The van der Waals surface area contributed by atoms with E-state index in [1.807, 2.05) is 37.2 Å². The highest BCUT2D eigenvalue weighted by Gasteiger charge is 2.08. The number of furan rings is 1. The molecule has 0 aliphatic carbocycles. The van der Waals surface area contributed by atoms with Crippen LogP contribution >= 0.6 is 11.8 Å². The Balaban J connectivity index is 1.84. The molecule has 2 aromatic rings. The fourth-order valence-corrected chi connectivity index (χ4v) is 2.68. The molecule has 0 aliphatic rings. The Labute approximate surface area is 106 Å². The highest BCUT2D eigenvalue weighted by atomic mass is 32.2. The Morgan fingerprint density at radius 2 is 2.06 bits per heavy atom. The SMILES string of the molecule is CNC(CSc1ccccc1)Cc1ccoc1. The smallest absolute Gasteiger partial charge is 0.0935 e. The summed E-state index contributed by atoms with van der Waals surface area (Å²) in [5.41, 5.74) is 1.25. The zero-order valence-corrected chi connectivity index (χ0v) is 10.7. The summed E-state index contributed by atoms with van der Waals surface area (Å²) in [5, 5.41) is 3.35. The normalized spacial score (nSPS) is 12.5. The van der Waals surface area contributed by atoms with Crippen LogP contribution in [0.2, 0.25) is 0 Å². The van der Waals surface area contributed by atoms with Gasteiger partial charge in [-0.15, -0.1) is 11.8 Å². The molecule has 0 fully saturated rings. The summed E-state index contributed by atoms with van der Waals surface area (Å²) in [6.45, 7) is 0. The zero-order valence-electron chi connectivity index (χ0n) is 9.93. The highest BCUT2D eigenvalue weighted by Crippen LogP contribution is 2.19. The van der Waals surface area contributed by atoms with Gasteiger partial charge in [-0.1, -0.05) is 18.2 Å². The van der Waals surface area contributed by atoms with Crippen molar-refractivity contribution >= 4 is 11.8 Å². The van der Waals surface area contributed by atoms with Crippen LogP contribution < -0.4 is 5.32 Å². The average Bonchev–Trinajstić information content (AvgIpc) is 2.88. The first-order chi connectivity index (χ1) is 8.38. The van der Waals surface area contributed by atoms with E-state index in [0.29, 0.717) is 6.04 Å². The van der Waals surface area contributed by atoms with Crippen molar-refractivity contribution in [1.29, 1.82) is 0 Å². The van der Waals surface area contributed by atoms with Crippen LogP contribution in [0.4, 0.5) is 0 Å². The zero-order chi connectivity index (χ0) is 11.9. The minimum atomic E-state index is 0.470. The third kappa shape index (κ3) is 3.95. The summed E-state index contributed by atoms with van der Waals surface area (Å²) in [6.07, 6.45) is 4.55. The lowest BCUT2D eigenvalue weighted by atomic mass is 10.1. The summed E-state index contributed by atoms with van der Waals surface area (Å²) in [5.74, 6) is 1.06. The van der Waals surface area contributed by atoms with E-state index in [1.165, 1.54) is 10.5 Å². The fraction of sp³-hybridized carbons (Fsp3) is 0.286. The number of thioether (sulfide) groups is 1. The second-order valence-corrected chi connectivity index (χ2v) is 5.04. The van der Waals surface area contributed by atoms with Crippen molar-refractivity contribution in [1.82, 2.24) is 5.32 Å². The van der Waals surface area contributed by atoms with Crippen LogP contribution in [0.15, 0.2) is 58.2 Å². The van der Waals surface area contributed by atoms with E-state index in [4.69, 9.17) is 4.42 Å². The van der Waals surface area contributed by atoms with Gasteiger partial charge in [0.05, 0.1) is 12.5 Å². The molecule has 0 spiro atoms. The summed E-state index contributed by atoms with van der Waals surface area (Å²) in [6, 6.07) is 13.0. The van der Waals surface area contributed by atoms with Gasteiger partial charge in [-0.3, -0.25) is 0 Å². The number of hydrogen-bond donors (Lipinski definition) is 1. The molecular formula is C14H17NOS. The van der Waals surface area contributed by atoms with Gasteiger partial charge < -0.3 is 9.73 Å². The first kappa shape index (κ1) is 12.3. The maximum Gasteiger partial charge on any atom is 0.0935 e. The van der Waals surface area contributed by atoms with Crippen molar-refractivity contribution in [3.63, 3.8) is 0 Å². The molecule has 0 saturated heterocycles. The summed E-state index contributed by atoms with van der Waals surface area (Å²) in [7, 11) is 2.01. The molecule has 1 atom stereocenters. The second kappa shape index (κ2) is 6.52. The van der Waals surface area contributed by atoms with E-state index in [9.17, 15) is 0 Å². The first-order valence-corrected chi connectivity index (χ1v) is 6.73. The quantitative estimate of drug-likeness (QED) is 0.794. The fourth-order valence-electron chi connectivity index (χ4n) is 1.65. The van der Waals surface area contributed by atoms with Crippen LogP contribution in [0.25, 0.3) is 0 Å². The van der Waals surface area contributed by atoms with E-state index >= 15 is 0 Å². The molecule has 0 saturated carbocycles. The number of likely N-dealkylation sites (N-methyl/N-ethyl adjacent to an activating group) is 1. The Kier molecular flexibility index (Phi) is 4.71. The van der Waals surface area contributed by atoms with E-state index in [1.54, 1.807) is 6.26 Å². The minimum absolute atomic E-state index is 0.470. The predicted octanol–water partition coefficient (Wildman–Crippen LogP) is 3.20.